The van der Waals surface area contributed by atoms with Crippen LogP contribution >= 0.6 is 0 Å². The van der Waals surface area contributed by atoms with Gasteiger partial charge in [-0.2, -0.15) is 4.39 Å². The fourth-order valence-corrected chi connectivity index (χ4v) is 1.79. The molecule has 0 fully saturated rings. The second-order valence-corrected chi connectivity index (χ2v) is 4.73. The highest BCUT2D eigenvalue weighted by Crippen LogP contribution is 2.12. The minimum atomic E-state index is -0.668. The van der Waals surface area contributed by atoms with Crippen molar-refractivity contribution in [3.63, 3.8) is 0 Å². The summed E-state index contributed by atoms with van der Waals surface area (Å²) >= 11 is 0. The van der Waals surface area contributed by atoms with Crippen LogP contribution in [0, 0.1) is 5.95 Å². The lowest BCUT2D eigenvalue weighted by Crippen LogP contribution is -2.14. The third-order valence-electron chi connectivity index (χ3n) is 2.66. The maximum Gasteiger partial charge on any atom is 0.274 e. The molecule has 0 aliphatic carbocycles. The van der Waals surface area contributed by atoms with E-state index in [9.17, 15) is 9.18 Å². The predicted octanol–water partition coefficient (Wildman–Crippen LogP) is 2.53. The molecular weight excluding hydrogens is 257 g/mol. The Hall–Kier alpha value is -2.27. The van der Waals surface area contributed by atoms with Gasteiger partial charge in [-0.1, -0.05) is 18.2 Å². The van der Waals surface area contributed by atoms with Crippen molar-refractivity contribution in [1.29, 1.82) is 0 Å². The molecule has 0 unspecified atom stereocenters. The zero-order chi connectivity index (χ0) is 14.5. The molecular formula is C15H16FN3O. The van der Waals surface area contributed by atoms with Crippen molar-refractivity contribution in [2.45, 2.75) is 6.54 Å². The molecule has 104 valence electrons. The summed E-state index contributed by atoms with van der Waals surface area (Å²) in [5, 5.41) is 2.68. The number of benzene rings is 1. The molecule has 1 N–H and O–H groups in total. The van der Waals surface area contributed by atoms with Crippen molar-refractivity contribution in [1.82, 2.24) is 9.88 Å². The molecule has 4 nitrogen and oxygen atoms in total. The molecule has 2 rings (SSSR count). The van der Waals surface area contributed by atoms with Crippen molar-refractivity contribution in [3.8, 4) is 0 Å². The largest absolute Gasteiger partial charge is 0.321 e. The Labute approximate surface area is 117 Å². The first kappa shape index (κ1) is 14.1. The number of anilines is 1. The number of amides is 1. The molecule has 1 aromatic heterocycles. The summed E-state index contributed by atoms with van der Waals surface area (Å²) in [6, 6.07) is 11.6. The lowest BCUT2D eigenvalue weighted by molar-refractivity contribution is 0.102. The van der Waals surface area contributed by atoms with Gasteiger partial charge in [0.2, 0.25) is 5.95 Å². The number of halogens is 1. The average molecular weight is 273 g/mol. The van der Waals surface area contributed by atoms with E-state index in [1.54, 1.807) is 0 Å². The smallest absolute Gasteiger partial charge is 0.274 e. The third kappa shape index (κ3) is 3.86. The number of hydrogen-bond donors (Lipinski definition) is 1. The van der Waals surface area contributed by atoms with Crippen LogP contribution < -0.4 is 5.32 Å². The van der Waals surface area contributed by atoms with Crippen LogP contribution in [0.25, 0.3) is 0 Å². The second kappa shape index (κ2) is 6.25. The molecule has 0 atom stereocenters. The van der Waals surface area contributed by atoms with Crippen LogP contribution in [-0.4, -0.2) is 29.9 Å². The van der Waals surface area contributed by atoms with Crippen molar-refractivity contribution < 1.29 is 9.18 Å². The van der Waals surface area contributed by atoms with E-state index < -0.39 is 11.9 Å². The van der Waals surface area contributed by atoms with Gasteiger partial charge in [-0.25, -0.2) is 4.98 Å². The van der Waals surface area contributed by atoms with Crippen LogP contribution in [0.15, 0.2) is 42.5 Å². The monoisotopic (exact) mass is 273 g/mol. The average Bonchev–Trinajstić information content (AvgIpc) is 2.40. The van der Waals surface area contributed by atoms with Crippen molar-refractivity contribution in [2.24, 2.45) is 0 Å². The number of carbonyl (C=O) groups excluding carboxylic acids is 1. The molecule has 0 bridgehead atoms. The first-order valence-corrected chi connectivity index (χ1v) is 6.22. The Morgan fingerprint density at radius 1 is 1.20 bits per heavy atom. The van der Waals surface area contributed by atoms with Crippen molar-refractivity contribution in [3.05, 3.63) is 59.7 Å². The second-order valence-electron chi connectivity index (χ2n) is 4.73. The Balaban J connectivity index is 2.04. The molecule has 1 amide bonds. The number of pyridine rings is 1. The maximum absolute atomic E-state index is 12.9. The van der Waals surface area contributed by atoms with Crippen LogP contribution in [0.4, 0.5) is 10.1 Å². The van der Waals surface area contributed by atoms with Gasteiger partial charge in [-0.15, -0.1) is 0 Å². The third-order valence-corrected chi connectivity index (χ3v) is 2.66. The normalized spacial score (nSPS) is 10.6. The molecule has 20 heavy (non-hydrogen) atoms. The van der Waals surface area contributed by atoms with Crippen molar-refractivity contribution in [2.75, 3.05) is 19.4 Å². The van der Waals surface area contributed by atoms with E-state index in [1.165, 1.54) is 18.2 Å². The van der Waals surface area contributed by atoms with Gasteiger partial charge in [-0.05, 0) is 43.9 Å². The Kier molecular flexibility index (Phi) is 4.42. The summed E-state index contributed by atoms with van der Waals surface area (Å²) in [5.41, 5.74) is 1.86. The fourth-order valence-electron chi connectivity index (χ4n) is 1.79. The number of aromatic nitrogens is 1. The van der Waals surface area contributed by atoms with Gasteiger partial charge in [-0.3, -0.25) is 4.79 Å². The number of rotatable bonds is 4. The number of carbonyl (C=O) groups is 1. The van der Waals surface area contributed by atoms with E-state index in [2.05, 4.69) is 15.2 Å². The van der Waals surface area contributed by atoms with Gasteiger partial charge in [0.25, 0.3) is 5.91 Å². The molecule has 0 saturated heterocycles. The van der Waals surface area contributed by atoms with Crippen LogP contribution in [0.3, 0.4) is 0 Å². The van der Waals surface area contributed by atoms with Gasteiger partial charge >= 0.3 is 0 Å². The Morgan fingerprint density at radius 3 is 2.50 bits per heavy atom. The molecule has 2 aromatic rings. The Bertz CT molecular complexity index is 596. The summed E-state index contributed by atoms with van der Waals surface area (Å²) in [4.78, 5) is 17.5. The SMILES string of the molecule is CN(C)Cc1ccc(NC(=O)c2cccc(F)n2)cc1. The van der Waals surface area contributed by atoms with Crippen LogP contribution in [0.1, 0.15) is 16.1 Å². The number of nitrogens with zero attached hydrogens (tertiary/aromatic N) is 2. The van der Waals surface area contributed by atoms with Crippen LogP contribution in [0.2, 0.25) is 0 Å². The number of nitrogens with one attached hydrogen (secondary N) is 1. The van der Waals surface area contributed by atoms with Crippen LogP contribution in [-0.2, 0) is 6.54 Å². The molecule has 1 aromatic carbocycles. The molecule has 0 spiro atoms. The molecule has 0 aliphatic rings. The predicted molar refractivity (Wildman–Crippen MR) is 76.0 cm³/mol. The molecule has 0 saturated carbocycles. The van der Waals surface area contributed by atoms with E-state index in [0.29, 0.717) is 5.69 Å². The van der Waals surface area contributed by atoms with Gasteiger partial charge in [0, 0.05) is 12.2 Å². The first-order chi connectivity index (χ1) is 9.54. The van der Waals surface area contributed by atoms with Gasteiger partial charge in [0.05, 0.1) is 0 Å². The van der Waals surface area contributed by atoms with E-state index in [0.717, 1.165) is 12.1 Å². The lowest BCUT2D eigenvalue weighted by Gasteiger charge is -2.10. The summed E-state index contributed by atoms with van der Waals surface area (Å²) < 4.78 is 12.9. The number of hydrogen-bond acceptors (Lipinski definition) is 3. The standard InChI is InChI=1S/C15H16FN3O/c1-19(2)10-11-6-8-12(9-7-11)17-15(20)13-4-3-5-14(16)18-13/h3-9H,10H2,1-2H3,(H,17,20). The van der Waals surface area contributed by atoms with E-state index >= 15 is 0 Å². The summed E-state index contributed by atoms with van der Waals surface area (Å²) in [5.74, 6) is -1.09. The minimum Gasteiger partial charge on any atom is -0.321 e. The minimum absolute atomic E-state index is 0.0577. The van der Waals surface area contributed by atoms with E-state index in [-0.39, 0.29) is 5.69 Å². The molecule has 0 radical (unpaired) electrons. The highest BCUT2D eigenvalue weighted by atomic mass is 19.1. The summed E-state index contributed by atoms with van der Waals surface area (Å²) in [7, 11) is 3.98. The van der Waals surface area contributed by atoms with E-state index in [4.69, 9.17) is 0 Å². The summed E-state index contributed by atoms with van der Waals surface area (Å²) in [6.45, 7) is 0.833. The zero-order valence-corrected chi connectivity index (χ0v) is 11.4. The van der Waals surface area contributed by atoms with Gasteiger partial charge < -0.3 is 10.2 Å². The van der Waals surface area contributed by atoms with Crippen molar-refractivity contribution >= 4 is 11.6 Å². The Morgan fingerprint density at radius 2 is 1.90 bits per heavy atom. The van der Waals surface area contributed by atoms with Gasteiger partial charge in [0.15, 0.2) is 0 Å². The molecule has 5 heteroatoms. The first-order valence-electron chi connectivity index (χ1n) is 6.22. The zero-order valence-electron chi connectivity index (χ0n) is 11.4. The quantitative estimate of drug-likeness (QED) is 0.871. The molecule has 1 heterocycles. The summed E-state index contributed by atoms with van der Waals surface area (Å²) in [6.07, 6.45) is 0. The fraction of sp³-hybridized carbons (Fsp3) is 0.200. The lowest BCUT2D eigenvalue weighted by atomic mass is 10.2. The van der Waals surface area contributed by atoms with Gasteiger partial charge in [0.1, 0.15) is 5.69 Å². The highest BCUT2D eigenvalue weighted by Gasteiger charge is 2.08. The highest BCUT2D eigenvalue weighted by molar-refractivity contribution is 6.02. The van der Waals surface area contributed by atoms with Crippen LogP contribution in [0.5, 0.6) is 0 Å². The molecule has 0 aliphatic heterocycles. The maximum atomic E-state index is 12.9. The topological polar surface area (TPSA) is 45.2 Å². The van der Waals surface area contributed by atoms with E-state index in [1.807, 2.05) is 38.4 Å².